The van der Waals surface area contributed by atoms with Gasteiger partial charge in [-0.1, -0.05) is 0 Å². The van der Waals surface area contributed by atoms with Gasteiger partial charge in [-0.15, -0.1) is 0 Å². The molecule has 0 aliphatic carbocycles. The number of aromatic amines is 2. The van der Waals surface area contributed by atoms with Gasteiger partial charge >= 0.3 is 0 Å². The first-order chi connectivity index (χ1) is 21.9. The summed E-state index contributed by atoms with van der Waals surface area (Å²) < 4.78 is 81.6. The molecular formula is C31H26F4N8O2S. The van der Waals surface area contributed by atoms with E-state index in [1.54, 1.807) is 29.3 Å². The van der Waals surface area contributed by atoms with Gasteiger partial charge in [-0.25, -0.2) is 35.9 Å². The molecule has 0 atom stereocenters. The minimum atomic E-state index is -3.25. The summed E-state index contributed by atoms with van der Waals surface area (Å²) >= 11 is 0. The van der Waals surface area contributed by atoms with Crippen molar-refractivity contribution in [3.8, 4) is 33.9 Å². The summed E-state index contributed by atoms with van der Waals surface area (Å²) in [7, 11) is -3.25. The maximum Gasteiger partial charge on any atom is 0.261 e. The first-order valence-electron chi connectivity index (χ1n) is 14.3. The molecule has 0 bridgehead atoms. The molecule has 0 amide bonds. The zero-order valence-electron chi connectivity index (χ0n) is 24.4. The molecule has 1 aliphatic rings. The van der Waals surface area contributed by atoms with Crippen LogP contribution in [0.2, 0.25) is 0 Å². The van der Waals surface area contributed by atoms with E-state index in [0.717, 1.165) is 6.26 Å². The molecule has 46 heavy (non-hydrogen) atoms. The fourth-order valence-corrected chi connectivity index (χ4v) is 6.35. The van der Waals surface area contributed by atoms with Crippen LogP contribution in [0.3, 0.4) is 0 Å². The van der Waals surface area contributed by atoms with E-state index >= 15 is 4.39 Å². The average Bonchev–Trinajstić information content (AvgIpc) is 3.72. The van der Waals surface area contributed by atoms with Crippen LogP contribution in [0, 0.1) is 11.6 Å². The van der Waals surface area contributed by atoms with Crippen LogP contribution >= 0.6 is 0 Å². The van der Waals surface area contributed by atoms with Gasteiger partial charge in [0, 0.05) is 67.2 Å². The lowest BCUT2D eigenvalue weighted by Crippen LogP contribution is -2.24. The molecule has 1 fully saturated rings. The number of rotatable bonds is 8. The van der Waals surface area contributed by atoms with Gasteiger partial charge in [-0.05, 0) is 47.9 Å². The molecule has 6 aromatic rings. The van der Waals surface area contributed by atoms with Crippen molar-refractivity contribution in [1.82, 2.24) is 40.0 Å². The van der Waals surface area contributed by atoms with Crippen molar-refractivity contribution in [2.24, 2.45) is 0 Å². The Kier molecular flexibility index (Phi) is 7.31. The van der Waals surface area contributed by atoms with Gasteiger partial charge in [0.05, 0.1) is 28.9 Å². The monoisotopic (exact) mass is 650 g/mol. The van der Waals surface area contributed by atoms with Crippen molar-refractivity contribution in [1.29, 1.82) is 0 Å². The third-order valence-corrected chi connectivity index (χ3v) is 8.86. The van der Waals surface area contributed by atoms with Crippen molar-refractivity contribution in [3.05, 3.63) is 77.9 Å². The van der Waals surface area contributed by atoms with Gasteiger partial charge < -0.3 is 4.98 Å². The Balaban J connectivity index is 1.25. The smallest absolute Gasteiger partial charge is 0.261 e. The van der Waals surface area contributed by atoms with Crippen molar-refractivity contribution in [2.75, 3.05) is 25.1 Å². The van der Waals surface area contributed by atoms with Gasteiger partial charge in [-0.3, -0.25) is 20.0 Å². The number of nitrogens with zero attached hydrogens (tertiary/aromatic N) is 6. The fourth-order valence-electron chi connectivity index (χ4n) is 5.74. The molecule has 7 rings (SSSR count). The molecule has 1 aromatic carbocycles. The van der Waals surface area contributed by atoms with E-state index in [4.69, 9.17) is 0 Å². The lowest BCUT2D eigenvalue weighted by molar-refractivity contribution is 0.0115. The number of sulfone groups is 1. The van der Waals surface area contributed by atoms with Gasteiger partial charge in [0.1, 0.15) is 32.7 Å². The molecule has 0 unspecified atom stereocenters. The SMILES string of the molecule is CS(=O)(=O)CCc1cc(F)cc(-c2nccc3[nH]c(-c4[nH]nc5ncc(-c6cncc(CN7CCC(F)(F)C7)c6)c(F)c45)nc23)c1. The number of hydrogen-bond donors (Lipinski definition) is 2. The fraction of sp³-hybridized carbons (Fsp3) is 0.258. The van der Waals surface area contributed by atoms with Crippen LogP contribution in [-0.2, 0) is 22.8 Å². The number of aryl methyl sites for hydroxylation is 1. The Morgan fingerprint density at radius 3 is 2.63 bits per heavy atom. The number of halogens is 4. The summed E-state index contributed by atoms with van der Waals surface area (Å²) in [5.41, 5.74) is 3.74. The number of hydrogen-bond acceptors (Lipinski definition) is 8. The average molecular weight is 651 g/mol. The van der Waals surface area contributed by atoms with Crippen LogP contribution in [0.4, 0.5) is 17.6 Å². The van der Waals surface area contributed by atoms with E-state index < -0.39 is 27.4 Å². The normalized spacial score (nSPS) is 15.3. The van der Waals surface area contributed by atoms with Gasteiger partial charge in [-0.2, -0.15) is 5.10 Å². The summed E-state index contributed by atoms with van der Waals surface area (Å²) in [4.78, 5) is 22.4. The molecule has 1 aliphatic heterocycles. The summed E-state index contributed by atoms with van der Waals surface area (Å²) in [6, 6.07) is 7.62. The summed E-state index contributed by atoms with van der Waals surface area (Å²) in [6.45, 7) is 0.177. The van der Waals surface area contributed by atoms with Gasteiger partial charge in [0.2, 0.25) is 0 Å². The lowest BCUT2D eigenvalue weighted by Gasteiger charge is -2.15. The molecule has 15 heteroatoms. The van der Waals surface area contributed by atoms with E-state index in [-0.39, 0.29) is 66.3 Å². The Bertz CT molecular complexity index is 2240. The van der Waals surface area contributed by atoms with Crippen molar-refractivity contribution in [2.45, 2.75) is 25.3 Å². The van der Waals surface area contributed by atoms with Crippen molar-refractivity contribution >= 4 is 31.9 Å². The largest absolute Gasteiger partial charge is 0.337 e. The minimum absolute atomic E-state index is 0.0736. The first-order valence-corrected chi connectivity index (χ1v) is 16.4. The number of H-pyrrole nitrogens is 2. The Morgan fingerprint density at radius 2 is 1.85 bits per heavy atom. The van der Waals surface area contributed by atoms with Crippen LogP contribution in [-0.4, -0.2) is 79.5 Å². The zero-order chi connectivity index (χ0) is 32.2. The Labute approximate surface area is 259 Å². The second-order valence-electron chi connectivity index (χ2n) is 11.6. The van der Waals surface area contributed by atoms with E-state index in [1.807, 2.05) is 0 Å². The van der Waals surface area contributed by atoms with E-state index in [0.29, 0.717) is 39.0 Å². The lowest BCUT2D eigenvalue weighted by atomic mass is 10.0. The van der Waals surface area contributed by atoms with Gasteiger partial charge in [0.25, 0.3) is 5.92 Å². The first kappa shape index (κ1) is 29.9. The standard InChI is InChI=1S/C31H26F4N8O2S/c1-46(44,45)7-3-17-8-19(11-21(32)10-17)26-27-23(2-5-37-26)39-30(40-27)28-24-25(33)22(14-38-29(24)42-41-28)20-9-18(12-36-13-20)15-43-6-4-31(34,35)16-43/h2,5,8-14H,3-4,6-7,15-16H2,1H3,(H,39,40)(H,38,41,42). The number of nitrogens with one attached hydrogen (secondary N) is 2. The molecule has 6 heterocycles. The highest BCUT2D eigenvalue weighted by molar-refractivity contribution is 7.90. The molecule has 10 nitrogen and oxygen atoms in total. The maximum atomic E-state index is 16.2. The summed E-state index contributed by atoms with van der Waals surface area (Å²) in [5, 5.41) is 7.04. The van der Waals surface area contributed by atoms with E-state index in [1.165, 1.54) is 30.7 Å². The molecule has 2 N–H and O–H groups in total. The Morgan fingerprint density at radius 1 is 1.02 bits per heavy atom. The zero-order valence-corrected chi connectivity index (χ0v) is 25.2. The van der Waals surface area contributed by atoms with Crippen LogP contribution in [0.5, 0.6) is 0 Å². The second kappa shape index (κ2) is 11.2. The number of benzene rings is 1. The number of aromatic nitrogens is 7. The quantitative estimate of drug-likeness (QED) is 0.211. The molecule has 236 valence electrons. The topological polar surface area (TPSA) is 133 Å². The number of fused-ring (bicyclic) bond motifs is 2. The van der Waals surface area contributed by atoms with E-state index in [2.05, 4.69) is 35.1 Å². The maximum absolute atomic E-state index is 16.2. The summed E-state index contributed by atoms with van der Waals surface area (Å²) in [5.74, 6) is -3.79. The highest BCUT2D eigenvalue weighted by atomic mass is 32.2. The van der Waals surface area contributed by atoms with E-state index in [9.17, 15) is 21.6 Å². The number of imidazole rings is 1. The molecule has 5 aromatic heterocycles. The van der Waals surface area contributed by atoms with Crippen LogP contribution < -0.4 is 0 Å². The van der Waals surface area contributed by atoms with Crippen LogP contribution in [0.15, 0.2) is 55.1 Å². The van der Waals surface area contributed by atoms with Crippen molar-refractivity contribution in [3.63, 3.8) is 0 Å². The Hall–Kier alpha value is -4.76. The number of alkyl halides is 2. The third-order valence-electron chi connectivity index (χ3n) is 7.91. The van der Waals surface area contributed by atoms with Gasteiger partial charge in [0.15, 0.2) is 11.5 Å². The number of likely N-dealkylation sites (tertiary alicyclic amines) is 1. The van der Waals surface area contributed by atoms with Crippen LogP contribution in [0.25, 0.3) is 56.0 Å². The van der Waals surface area contributed by atoms with Crippen molar-refractivity contribution < 1.29 is 26.0 Å². The molecule has 0 saturated carbocycles. The van der Waals surface area contributed by atoms with Crippen LogP contribution in [0.1, 0.15) is 17.5 Å². The molecule has 0 radical (unpaired) electrons. The molecule has 0 spiro atoms. The minimum Gasteiger partial charge on any atom is -0.337 e. The summed E-state index contributed by atoms with van der Waals surface area (Å²) in [6.07, 6.45) is 6.97. The number of pyridine rings is 3. The molecule has 1 saturated heterocycles. The predicted molar refractivity (Wildman–Crippen MR) is 164 cm³/mol. The second-order valence-corrected chi connectivity index (χ2v) is 13.8. The highest BCUT2D eigenvalue weighted by Gasteiger charge is 2.38. The predicted octanol–water partition coefficient (Wildman–Crippen LogP) is 5.33. The highest BCUT2D eigenvalue weighted by Crippen LogP contribution is 2.35. The molecular weight excluding hydrogens is 624 g/mol. The third kappa shape index (κ3) is 5.95.